The summed E-state index contributed by atoms with van der Waals surface area (Å²) in [5.41, 5.74) is 2.99. The Bertz CT molecular complexity index is 935. The Hall–Kier alpha value is -2.40. The number of fused-ring (bicyclic) bond motifs is 1. The minimum Gasteiger partial charge on any atom is -0.342 e. The van der Waals surface area contributed by atoms with Crippen molar-refractivity contribution in [2.45, 2.75) is 32.7 Å². The molecule has 4 rings (SSSR count). The van der Waals surface area contributed by atoms with Gasteiger partial charge in [-0.2, -0.15) is 0 Å². The Balaban J connectivity index is 1.59. The molecule has 0 radical (unpaired) electrons. The minimum absolute atomic E-state index is 0.0305. The van der Waals surface area contributed by atoms with Crippen LogP contribution in [-0.2, 0) is 16.8 Å². The summed E-state index contributed by atoms with van der Waals surface area (Å²) < 4.78 is 0. The van der Waals surface area contributed by atoms with E-state index < -0.39 is 5.54 Å². The van der Waals surface area contributed by atoms with Gasteiger partial charge in [0.15, 0.2) is 0 Å². The van der Waals surface area contributed by atoms with E-state index in [-0.39, 0.29) is 11.8 Å². The lowest BCUT2D eigenvalue weighted by Crippen LogP contribution is -2.49. The lowest BCUT2D eigenvalue weighted by Gasteiger charge is -2.39. The average molecular weight is 384 g/mol. The van der Waals surface area contributed by atoms with Crippen molar-refractivity contribution in [3.63, 3.8) is 0 Å². The van der Waals surface area contributed by atoms with Crippen LogP contribution in [0.4, 0.5) is 5.69 Å². The second-order valence-electron chi connectivity index (χ2n) is 7.94. The third kappa shape index (κ3) is 3.00. The Morgan fingerprint density at radius 2 is 2.00 bits per heavy atom. The molecule has 1 saturated heterocycles. The largest absolute Gasteiger partial charge is 0.342 e. The van der Waals surface area contributed by atoms with Gasteiger partial charge in [0, 0.05) is 36.8 Å². The van der Waals surface area contributed by atoms with Crippen LogP contribution in [0, 0.1) is 5.92 Å². The summed E-state index contributed by atoms with van der Waals surface area (Å²) in [6.07, 6.45) is 4.43. The Kier molecular flexibility index (Phi) is 4.22. The number of hydrogen-bond donors (Lipinski definition) is 0. The van der Waals surface area contributed by atoms with E-state index in [0.717, 1.165) is 36.3 Å². The molecule has 1 aromatic heterocycles. The number of hydrogen-bond acceptors (Lipinski definition) is 3. The molecule has 6 heteroatoms. The van der Waals surface area contributed by atoms with Gasteiger partial charge in [-0.3, -0.25) is 19.5 Å². The smallest absolute Gasteiger partial charge is 0.259 e. The number of pyridine rings is 1. The van der Waals surface area contributed by atoms with Gasteiger partial charge in [-0.15, -0.1) is 0 Å². The maximum absolute atomic E-state index is 13.1. The summed E-state index contributed by atoms with van der Waals surface area (Å²) in [4.78, 5) is 32.4. The van der Waals surface area contributed by atoms with E-state index in [1.54, 1.807) is 30.2 Å². The average Bonchev–Trinajstić information content (AvgIpc) is 2.76. The van der Waals surface area contributed by atoms with Crippen molar-refractivity contribution in [2.24, 2.45) is 5.92 Å². The van der Waals surface area contributed by atoms with Crippen LogP contribution < -0.4 is 4.90 Å². The van der Waals surface area contributed by atoms with Crippen LogP contribution in [0.5, 0.6) is 0 Å². The molecule has 5 nitrogen and oxygen atoms in total. The van der Waals surface area contributed by atoms with E-state index in [2.05, 4.69) is 4.98 Å². The number of amides is 2. The molecule has 0 bridgehead atoms. The number of rotatable bonds is 3. The summed E-state index contributed by atoms with van der Waals surface area (Å²) in [6.45, 7) is 7.23. The van der Waals surface area contributed by atoms with E-state index in [9.17, 15) is 9.59 Å². The molecule has 3 heterocycles. The molecule has 27 heavy (non-hydrogen) atoms. The fourth-order valence-electron chi connectivity index (χ4n) is 4.14. The highest BCUT2D eigenvalue weighted by molar-refractivity contribution is 6.31. The van der Waals surface area contributed by atoms with E-state index in [0.29, 0.717) is 16.5 Å². The van der Waals surface area contributed by atoms with Crippen LogP contribution in [0.1, 0.15) is 42.3 Å². The Morgan fingerprint density at radius 3 is 2.70 bits per heavy atom. The number of carbonyl (C=O) groups is 2. The molecule has 2 aliphatic heterocycles. The van der Waals surface area contributed by atoms with Crippen molar-refractivity contribution >= 4 is 29.1 Å². The lowest BCUT2D eigenvalue weighted by atomic mass is 9.92. The molecule has 2 aliphatic rings. The van der Waals surface area contributed by atoms with Crippen LogP contribution in [0.3, 0.4) is 0 Å². The van der Waals surface area contributed by atoms with Crippen LogP contribution in [-0.4, -0.2) is 34.8 Å². The molecule has 0 N–H and O–H groups in total. The number of anilines is 1. The van der Waals surface area contributed by atoms with E-state index in [4.69, 9.17) is 11.6 Å². The number of benzene rings is 1. The van der Waals surface area contributed by atoms with Crippen LogP contribution >= 0.6 is 11.6 Å². The predicted molar refractivity (Wildman–Crippen MR) is 105 cm³/mol. The molecule has 1 aromatic carbocycles. The summed E-state index contributed by atoms with van der Waals surface area (Å²) in [7, 11) is 0. The maximum Gasteiger partial charge on any atom is 0.259 e. The molecular weight excluding hydrogens is 362 g/mol. The number of aromatic nitrogens is 1. The van der Waals surface area contributed by atoms with Crippen LogP contribution in [0.2, 0.25) is 5.02 Å². The van der Waals surface area contributed by atoms with Crippen molar-refractivity contribution in [1.82, 2.24) is 9.88 Å². The quantitative estimate of drug-likeness (QED) is 0.812. The molecule has 0 aliphatic carbocycles. The zero-order valence-corrected chi connectivity index (χ0v) is 16.5. The van der Waals surface area contributed by atoms with Gasteiger partial charge < -0.3 is 4.90 Å². The van der Waals surface area contributed by atoms with Crippen LogP contribution in [0.15, 0.2) is 36.7 Å². The van der Waals surface area contributed by atoms with Gasteiger partial charge >= 0.3 is 0 Å². The third-order valence-corrected chi connectivity index (χ3v) is 5.83. The molecule has 0 saturated carbocycles. The van der Waals surface area contributed by atoms with Crippen molar-refractivity contribution in [2.75, 3.05) is 18.0 Å². The van der Waals surface area contributed by atoms with E-state index in [1.807, 2.05) is 37.1 Å². The van der Waals surface area contributed by atoms with Gasteiger partial charge in [0.05, 0.1) is 17.4 Å². The highest BCUT2D eigenvalue weighted by Crippen LogP contribution is 2.42. The summed E-state index contributed by atoms with van der Waals surface area (Å²) in [5.74, 6) is 0.542. The fourth-order valence-corrected chi connectivity index (χ4v) is 4.31. The van der Waals surface area contributed by atoms with E-state index in [1.165, 1.54) is 0 Å². The predicted octanol–water partition coefficient (Wildman–Crippen LogP) is 3.65. The van der Waals surface area contributed by atoms with Crippen molar-refractivity contribution < 1.29 is 9.59 Å². The minimum atomic E-state index is -0.500. The van der Waals surface area contributed by atoms with Crippen molar-refractivity contribution in [3.05, 3.63) is 58.4 Å². The highest BCUT2D eigenvalue weighted by atomic mass is 35.5. The Labute approximate surface area is 163 Å². The Morgan fingerprint density at radius 1 is 1.26 bits per heavy atom. The van der Waals surface area contributed by atoms with Gasteiger partial charge in [0.1, 0.15) is 0 Å². The fraction of sp³-hybridized carbons (Fsp3) is 0.381. The molecule has 0 atom stereocenters. The zero-order valence-electron chi connectivity index (χ0n) is 15.7. The molecule has 140 valence electrons. The first-order valence-electron chi connectivity index (χ1n) is 9.11. The highest BCUT2D eigenvalue weighted by Gasteiger charge is 2.44. The number of likely N-dealkylation sites (tertiary alicyclic amines) is 1. The second kappa shape index (κ2) is 6.34. The standard InChI is InChI=1S/C21H22ClN3O2/c1-13(26)24-11-15(12-24)6-14-7-17(10-23-9-14)25-20(27)18-5-4-16(22)8-19(18)21(25,2)3/h4-5,7-10,15H,6,11-12H2,1-3H3. The first-order chi connectivity index (χ1) is 12.8. The third-order valence-electron chi connectivity index (χ3n) is 5.60. The SMILES string of the molecule is CC(=O)N1CC(Cc2cncc(N3C(=O)c4ccc(Cl)cc4C3(C)C)c2)C1. The van der Waals surface area contributed by atoms with Gasteiger partial charge in [-0.1, -0.05) is 11.6 Å². The number of nitrogens with zero attached hydrogens (tertiary/aromatic N) is 3. The number of carbonyl (C=O) groups excluding carboxylic acids is 2. The van der Waals surface area contributed by atoms with Gasteiger partial charge in [-0.05, 0) is 61.6 Å². The van der Waals surface area contributed by atoms with E-state index >= 15 is 0 Å². The molecule has 0 spiro atoms. The summed E-state index contributed by atoms with van der Waals surface area (Å²) in [5, 5.41) is 0.628. The van der Waals surface area contributed by atoms with Crippen molar-refractivity contribution in [3.8, 4) is 0 Å². The monoisotopic (exact) mass is 383 g/mol. The molecule has 2 amide bonds. The number of halogens is 1. The molecular formula is C21H22ClN3O2. The van der Waals surface area contributed by atoms with Crippen LogP contribution in [0.25, 0.3) is 0 Å². The van der Waals surface area contributed by atoms with Gasteiger partial charge in [0.2, 0.25) is 5.91 Å². The molecule has 0 unspecified atom stereocenters. The first kappa shape index (κ1) is 18.0. The van der Waals surface area contributed by atoms with Gasteiger partial charge in [-0.25, -0.2) is 0 Å². The molecule has 2 aromatic rings. The first-order valence-corrected chi connectivity index (χ1v) is 9.49. The maximum atomic E-state index is 13.1. The topological polar surface area (TPSA) is 53.5 Å². The normalized spacial score (nSPS) is 18.4. The second-order valence-corrected chi connectivity index (χ2v) is 8.37. The summed E-state index contributed by atoms with van der Waals surface area (Å²) >= 11 is 6.16. The lowest BCUT2D eigenvalue weighted by molar-refractivity contribution is -0.134. The van der Waals surface area contributed by atoms with Crippen molar-refractivity contribution in [1.29, 1.82) is 0 Å². The van der Waals surface area contributed by atoms with Gasteiger partial charge in [0.25, 0.3) is 5.91 Å². The zero-order chi connectivity index (χ0) is 19.3. The summed E-state index contributed by atoms with van der Waals surface area (Å²) in [6, 6.07) is 7.46. The molecule has 1 fully saturated rings.